The lowest BCUT2D eigenvalue weighted by Gasteiger charge is -2.24. The molecule has 0 bridgehead atoms. The van der Waals surface area contributed by atoms with Crippen molar-refractivity contribution in [3.63, 3.8) is 0 Å². The van der Waals surface area contributed by atoms with Gasteiger partial charge in [-0.05, 0) is 59.9 Å². The van der Waals surface area contributed by atoms with E-state index in [9.17, 15) is 9.90 Å². The first-order valence-corrected chi connectivity index (χ1v) is 8.28. The summed E-state index contributed by atoms with van der Waals surface area (Å²) in [5.74, 6) is -0.191. The van der Waals surface area contributed by atoms with Gasteiger partial charge in [0, 0.05) is 16.8 Å². The summed E-state index contributed by atoms with van der Waals surface area (Å²) in [5, 5.41) is 10.3. The Balaban J connectivity index is 2.42. The predicted octanol–water partition coefficient (Wildman–Crippen LogP) is 4.75. The number of aliphatic hydroxyl groups is 1. The van der Waals surface area contributed by atoms with Crippen LogP contribution in [0.15, 0.2) is 48.2 Å². The normalized spacial score (nSPS) is 12.1. The molecular weight excluding hydrogens is 314 g/mol. The molecule has 0 unspecified atom stereocenters. The van der Waals surface area contributed by atoms with Gasteiger partial charge in [-0.2, -0.15) is 0 Å². The summed E-state index contributed by atoms with van der Waals surface area (Å²) in [5.41, 5.74) is 8.36. The van der Waals surface area contributed by atoms with Crippen LogP contribution in [-0.4, -0.2) is 18.0 Å². The van der Waals surface area contributed by atoms with Crippen LogP contribution in [0.1, 0.15) is 48.7 Å². The Labute approximate surface area is 148 Å². The molecule has 0 saturated carbocycles. The number of hydrogen-bond acceptors (Lipinski definition) is 4. The van der Waals surface area contributed by atoms with Crippen LogP contribution in [0.3, 0.4) is 0 Å². The van der Waals surface area contributed by atoms with E-state index >= 15 is 0 Å². The highest BCUT2D eigenvalue weighted by atomic mass is 16.5. The number of carbonyl (C=O) groups is 1. The number of rotatable bonds is 6. The maximum atomic E-state index is 12.4. The van der Waals surface area contributed by atoms with E-state index < -0.39 is 5.78 Å². The molecule has 25 heavy (non-hydrogen) atoms. The molecule has 2 aromatic carbocycles. The van der Waals surface area contributed by atoms with Gasteiger partial charge in [0.2, 0.25) is 5.78 Å². The molecule has 0 radical (unpaired) electrons. The Morgan fingerprint density at radius 1 is 1.20 bits per heavy atom. The van der Waals surface area contributed by atoms with Gasteiger partial charge in [-0.25, -0.2) is 0 Å². The zero-order valence-corrected chi connectivity index (χ0v) is 15.2. The predicted molar refractivity (Wildman–Crippen MR) is 102 cm³/mol. The van der Waals surface area contributed by atoms with Crippen LogP contribution in [0.5, 0.6) is 5.75 Å². The zero-order valence-electron chi connectivity index (χ0n) is 15.2. The number of nitrogens with two attached hydrogens (primary N) is 1. The van der Waals surface area contributed by atoms with E-state index in [2.05, 4.69) is 20.8 Å². The van der Waals surface area contributed by atoms with Gasteiger partial charge >= 0.3 is 0 Å². The molecule has 132 valence electrons. The highest BCUT2D eigenvalue weighted by Gasteiger charge is 2.20. The van der Waals surface area contributed by atoms with Crippen LogP contribution >= 0.6 is 0 Å². The number of carbonyl (C=O) groups excluding carboxylic acids is 1. The van der Waals surface area contributed by atoms with Crippen molar-refractivity contribution in [2.45, 2.75) is 32.6 Å². The number of methoxy groups -OCH3 is 1. The van der Waals surface area contributed by atoms with Crippen molar-refractivity contribution >= 4 is 17.5 Å². The first-order valence-electron chi connectivity index (χ1n) is 8.28. The lowest BCUT2D eigenvalue weighted by atomic mass is 9.81. The summed E-state index contributed by atoms with van der Waals surface area (Å²) in [6.07, 6.45) is 2.42. The average molecular weight is 339 g/mol. The van der Waals surface area contributed by atoms with Crippen molar-refractivity contribution in [3.8, 4) is 5.75 Å². The van der Waals surface area contributed by atoms with Gasteiger partial charge in [-0.1, -0.05) is 26.8 Å². The number of allylic oxidation sites excluding steroid dienone is 1. The van der Waals surface area contributed by atoms with Gasteiger partial charge in [0.25, 0.3) is 0 Å². The number of ether oxygens (including phenoxy) is 1. The van der Waals surface area contributed by atoms with E-state index in [1.54, 1.807) is 31.4 Å². The maximum Gasteiger partial charge on any atom is 0.227 e. The molecule has 0 aliphatic heterocycles. The fraction of sp³-hybridized carbons (Fsp3) is 0.286. The fourth-order valence-electron chi connectivity index (χ4n) is 2.47. The number of benzene rings is 2. The van der Waals surface area contributed by atoms with Crippen molar-refractivity contribution < 1.29 is 14.6 Å². The minimum Gasteiger partial charge on any atom is -0.504 e. The Kier molecular flexibility index (Phi) is 5.52. The summed E-state index contributed by atoms with van der Waals surface area (Å²) < 4.78 is 5.37. The second-order valence-corrected chi connectivity index (χ2v) is 6.67. The molecule has 0 aromatic heterocycles. The average Bonchev–Trinajstić information content (AvgIpc) is 2.61. The van der Waals surface area contributed by atoms with Crippen molar-refractivity contribution in [2.75, 3.05) is 12.8 Å². The smallest absolute Gasteiger partial charge is 0.227 e. The maximum absolute atomic E-state index is 12.4. The number of anilines is 1. The van der Waals surface area contributed by atoms with Gasteiger partial charge in [0.1, 0.15) is 5.75 Å². The topological polar surface area (TPSA) is 72.5 Å². The van der Waals surface area contributed by atoms with Crippen LogP contribution in [0.4, 0.5) is 5.69 Å². The monoisotopic (exact) mass is 339 g/mol. The first kappa shape index (κ1) is 18.6. The van der Waals surface area contributed by atoms with Crippen LogP contribution in [0, 0.1) is 0 Å². The van der Waals surface area contributed by atoms with Crippen LogP contribution in [0.2, 0.25) is 0 Å². The number of aliphatic hydroxyl groups excluding tert-OH is 1. The quantitative estimate of drug-likeness (QED) is 0.345. The third kappa shape index (κ3) is 4.21. The molecule has 0 heterocycles. The zero-order chi connectivity index (χ0) is 18.6. The molecule has 0 fully saturated rings. The SMILES string of the molecule is CCC(C)(C)c1ccc(OC)c(C=C(O)C(=O)c2ccc(N)cc2)c1. The van der Waals surface area contributed by atoms with Crippen LogP contribution < -0.4 is 10.5 Å². The molecular formula is C21H25NO3. The molecule has 0 aliphatic rings. The van der Waals surface area contributed by atoms with Crippen molar-refractivity contribution in [3.05, 3.63) is 64.9 Å². The van der Waals surface area contributed by atoms with E-state index in [1.165, 1.54) is 6.08 Å². The second-order valence-electron chi connectivity index (χ2n) is 6.67. The first-order chi connectivity index (χ1) is 11.8. The van der Waals surface area contributed by atoms with Gasteiger partial charge in [0.15, 0.2) is 5.76 Å². The fourth-order valence-corrected chi connectivity index (χ4v) is 2.47. The molecule has 0 amide bonds. The Morgan fingerprint density at radius 3 is 2.40 bits per heavy atom. The lowest BCUT2D eigenvalue weighted by Crippen LogP contribution is -2.15. The highest BCUT2D eigenvalue weighted by Crippen LogP contribution is 2.31. The van der Waals surface area contributed by atoms with E-state index in [-0.39, 0.29) is 11.2 Å². The van der Waals surface area contributed by atoms with E-state index in [0.29, 0.717) is 22.6 Å². The molecule has 2 aromatic rings. The summed E-state index contributed by atoms with van der Waals surface area (Å²) in [6.45, 7) is 6.44. The van der Waals surface area contributed by atoms with Gasteiger partial charge in [-0.15, -0.1) is 0 Å². The van der Waals surface area contributed by atoms with E-state index in [4.69, 9.17) is 10.5 Å². The molecule has 3 N–H and O–H groups in total. The molecule has 0 spiro atoms. The van der Waals surface area contributed by atoms with Crippen LogP contribution in [0.25, 0.3) is 6.08 Å². The lowest BCUT2D eigenvalue weighted by molar-refractivity contribution is 0.0980. The third-order valence-electron chi connectivity index (χ3n) is 4.59. The van der Waals surface area contributed by atoms with Crippen molar-refractivity contribution in [1.29, 1.82) is 0 Å². The number of ketones is 1. The number of nitrogen functional groups attached to an aromatic ring is 1. The molecule has 4 nitrogen and oxygen atoms in total. The van der Waals surface area contributed by atoms with Crippen molar-refractivity contribution in [2.24, 2.45) is 0 Å². The Bertz CT molecular complexity index is 789. The summed E-state index contributed by atoms with van der Waals surface area (Å²) >= 11 is 0. The molecule has 0 aliphatic carbocycles. The standard InChI is InChI=1S/C21H25NO3/c1-5-21(2,3)16-8-11-19(25-4)15(12-16)13-18(23)20(24)14-6-9-17(22)10-7-14/h6-13,23H,5,22H2,1-4H3. The van der Waals surface area contributed by atoms with Crippen LogP contribution in [-0.2, 0) is 5.41 Å². The number of hydrogen-bond donors (Lipinski definition) is 2. The molecule has 0 saturated heterocycles. The minimum atomic E-state index is -0.456. The third-order valence-corrected chi connectivity index (χ3v) is 4.59. The van der Waals surface area contributed by atoms with E-state index in [0.717, 1.165) is 12.0 Å². The Morgan fingerprint density at radius 2 is 1.84 bits per heavy atom. The number of Topliss-reactive ketones (excluding diaryl/α,β-unsaturated/α-hetero) is 1. The molecule has 2 rings (SSSR count). The summed E-state index contributed by atoms with van der Waals surface area (Å²) in [4.78, 5) is 12.4. The second kappa shape index (κ2) is 7.43. The van der Waals surface area contributed by atoms with Gasteiger partial charge in [0.05, 0.1) is 7.11 Å². The minimum absolute atomic E-state index is 0.00849. The summed E-state index contributed by atoms with van der Waals surface area (Å²) in [7, 11) is 1.57. The molecule has 4 heteroatoms. The van der Waals surface area contributed by atoms with Crippen molar-refractivity contribution in [1.82, 2.24) is 0 Å². The molecule has 0 atom stereocenters. The van der Waals surface area contributed by atoms with Gasteiger partial charge in [-0.3, -0.25) is 4.79 Å². The summed E-state index contributed by atoms with van der Waals surface area (Å²) in [6, 6.07) is 12.3. The van der Waals surface area contributed by atoms with E-state index in [1.807, 2.05) is 18.2 Å². The Hall–Kier alpha value is -2.75. The highest BCUT2D eigenvalue weighted by molar-refractivity contribution is 6.09. The van der Waals surface area contributed by atoms with Gasteiger partial charge < -0.3 is 15.6 Å². The largest absolute Gasteiger partial charge is 0.504 e.